The number of hydrogen-bond acceptors (Lipinski definition) is 25. The smallest absolute Gasteiger partial charge is 0.481 e. The molecule has 0 bridgehead atoms. The number of nitrogen functional groups attached to an aromatic ring is 1. The molecule has 516 valence electrons. The number of carbonyl (C=O) groups excluding carboxylic acids is 7. The highest BCUT2D eigenvalue weighted by molar-refractivity contribution is 7.49. The molecule has 4 aromatic carbocycles. The minimum absolute atomic E-state index is 0.00312. The van der Waals surface area contributed by atoms with Crippen LogP contribution in [0.2, 0.25) is 0 Å². The predicted octanol–water partition coefficient (Wildman–Crippen LogP) is 4.49. The molecule has 2 aromatic heterocycles. The van der Waals surface area contributed by atoms with Crippen molar-refractivity contribution in [2.45, 2.75) is 83.2 Å². The highest BCUT2D eigenvalue weighted by atomic mass is 31.2. The van der Waals surface area contributed by atoms with Gasteiger partial charge in [-0.3, -0.25) is 47.7 Å². The van der Waals surface area contributed by atoms with Crippen LogP contribution in [0.25, 0.3) is 22.3 Å². The second-order valence-electron chi connectivity index (χ2n) is 21.4. The zero-order valence-electron chi connectivity index (χ0n) is 52.2. The van der Waals surface area contributed by atoms with E-state index in [0.29, 0.717) is 12.0 Å². The number of rotatable bonds is 35. The van der Waals surface area contributed by atoms with E-state index >= 15 is 0 Å². The Morgan fingerprint density at radius 1 is 0.742 bits per heavy atom. The molecule has 0 radical (unpaired) electrons. The normalized spacial score (nSPS) is 13.1. The Balaban J connectivity index is 0.852. The van der Waals surface area contributed by atoms with E-state index in [-0.39, 0.29) is 111 Å². The van der Waals surface area contributed by atoms with Gasteiger partial charge in [0.1, 0.15) is 35.6 Å². The van der Waals surface area contributed by atoms with Crippen molar-refractivity contribution in [1.29, 1.82) is 0 Å². The lowest BCUT2D eigenvalue weighted by molar-refractivity contribution is -0.154. The van der Waals surface area contributed by atoms with Crippen molar-refractivity contribution in [3.8, 4) is 16.9 Å². The Morgan fingerprint density at radius 2 is 1.40 bits per heavy atom. The van der Waals surface area contributed by atoms with E-state index in [1.54, 1.807) is 26.0 Å². The fourth-order valence-corrected chi connectivity index (χ4v) is 10.1. The molecule has 1 saturated heterocycles. The summed E-state index contributed by atoms with van der Waals surface area (Å²) < 4.78 is 61.0. The van der Waals surface area contributed by atoms with Gasteiger partial charge in [-0.2, -0.15) is 4.98 Å². The van der Waals surface area contributed by atoms with Gasteiger partial charge in [-0.1, -0.05) is 60.7 Å². The zero-order valence-corrected chi connectivity index (χ0v) is 53.1. The first-order chi connectivity index (χ1) is 46.3. The number of phosphoric ester groups is 1. The van der Waals surface area contributed by atoms with Gasteiger partial charge in [0, 0.05) is 30.8 Å². The molecule has 1 aliphatic rings. The van der Waals surface area contributed by atoms with E-state index in [9.17, 15) is 67.5 Å². The van der Waals surface area contributed by atoms with E-state index < -0.39 is 136 Å². The number of aliphatic carboxylic acids is 3. The minimum atomic E-state index is -4.24. The molecule has 3 heterocycles. The Hall–Kier alpha value is -10.9. The molecule has 35 heteroatoms. The standard InChI is InChI=1S/C62H69N10O24P/c1-62(2,41-14-10-39(11-15-41)38-7-4-3-5-8-38)95-60(85)69-46(57(82)83)32-49(74)65-24-28-89-30-29-88-27-23-64-48(73)20-18-45(56(80)81)68-54(78)40-12-16-43(17-13-40)72(34-42-33-66-53-52(67-42)55(79)71-59(63)70-53)61(86)90-35-37-9-19-47(96-97(87)93-25-6-26-94-97)44(31-37)58(84)92-36-91-51(77)22-21-50(75)76/h3-5,7-17,19,31,33,45-46H,6,18,20-30,32,34-36H2,1-2H3,(H,64,73)(H,65,74)(H,68,78)(H,69,85)(H,75,76)(H,80,81)(H,82,83)(H3,63,66,70,71,79). The summed E-state index contributed by atoms with van der Waals surface area (Å²) in [7, 11) is -4.24. The zero-order chi connectivity index (χ0) is 70.1. The van der Waals surface area contributed by atoms with Gasteiger partial charge in [0.25, 0.3) is 11.5 Å². The summed E-state index contributed by atoms with van der Waals surface area (Å²) in [6.45, 7) is 1.57. The molecule has 5 amide bonds. The van der Waals surface area contributed by atoms with Crippen LogP contribution in [0, 0.1) is 0 Å². The van der Waals surface area contributed by atoms with Gasteiger partial charge in [-0.15, -0.1) is 0 Å². The number of amides is 5. The van der Waals surface area contributed by atoms with Gasteiger partial charge >= 0.3 is 49.9 Å². The third-order valence-corrected chi connectivity index (χ3v) is 15.2. The van der Waals surface area contributed by atoms with Crippen LogP contribution in [-0.2, 0) is 89.6 Å². The molecule has 2 atom stereocenters. The molecule has 0 aliphatic carbocycles. The summed E-state index contributed by atoms with van der Waals surface area (Å²) in [5.41, 5.74) is 5.73. The number of aromatic nitrogens is 4. The minimum Gasteiger partial charge on any atom is -0.481 e. The number of fused-ring (bicyclic) bond motifs is 1. The van der Waals surface area contributed by atoms with E-state index in [1.165, 1.54) is 42.6 Å². The van der Waals surface area contributed by atoms with Gasteiger partial charge in [-0.05, 0) is 85.3 Å². The van der Waals surface area contributed by atoms with E-state index in [0.717, 1.165) is 22.1 Å². The van der Waals surface area contributed by atoms with Gasteiger partial charge < -0.3 is 75.3 Å². The van der Waals surface area contributed by atoms with Crippen molar-refractivity contribution < 1.29 is 110 Å². The summed E-state index contributed by atoms with van der Waals surface area (Å²) in [5, 5.41) is 38.2. The number of phosphoric acid groups is 1. The molecule has 0 spiro atoms. The number of esters is 2. The number of nitrogens with one attached hydrogen (secondary N) is 5. The Bertz CT molecular complexity index is 3910. The number of benzene rings is 4. The molecule has 7 rings (SSSR count). The second-order valence-corrected chi connectivity index (χ2v) is 23.0. The van der Waals surface area contributed by atoms with Crippen LogP contribution < -0.4 is 42.0 Å². The van der Waals surface area contributed by atoms with E-state index in [1.807, 2.05) is 42.5 Å². The largest absolute Gasteiger partial charge is 0.530 e. The molecule has 6 aromatic rings. The molecule has 0 saturated carbocycles. The number of nitrogens with zero attached hydrogens (tertiary/aromatic N) is 4. The summed E-state index contributed by atoms with van der Waals surface area (Å²) in [6, 6.07) is 22.7. The van der Waals surface area contributed by atoms with Crippen LogP contribution in [0.4, 0.5) is 21.2 Å². The van der Waals surface area contributed by atoms with E-state index in [4.69, 9.17) is 52.8 Å². The van der Waals surface area contributed by atoms with Crippen molar-refractivity contribution in [1.82, 2.24) is 41.2 Å². The summed E-state index contributed by atoms with van der Waals surface area (Å²) in [6.07, 6.45) is -2.82. The first-order valence-electron chi connectivity index (χ1n) is 29.8. The fraction of sp³-hybridized carbons (Fsp3) is 0.355. The number of alkyl carbamates (subject to hydrolysis) is 1. The molecule has 1 aliphatic heterocycles. The topological polar surface area (TPSA) is 480 Å². The Kier molecular flexibility index (Phi) is 26.9. The number of carboxylic acids is 3. The molecule has 34 nitrogen and oxygen atoms in total. The summed E-state index contributed by atoms with van der Waals surface area (Å²) in [5.74, 6) is -9.06. The monoisotopic (exact) mass is 1370 g/mol. The lowest BCUT2D eigenvalue weighted by Crippen LogP contribution is -2.46. The fourth-order valence-electron chi connectivity index (χ4n) is 8.85. The van der Waals surface area contributed by atoms with Gasteiger partial charge in [0.2, 0.25) is 24.6 Å². The van der Waals surface area contributed by atoms with Crippen LogP contribution in [0.5, 0.6) is 5.75 Å². The maximum absolute atomic E-state index is 14.1. The van der Waals surface area contributed by atoms with Crippen LogP contribution in [0.15, 0.2) is 108 Å². The van der Waals surface area contributed by atoms with Crippen molar-refractivity contribution in [2.24, 2.45) is 0 Å². The number of anilines is 2. The second kappa shape index (κ2) is 35.5. The van der Waals surface area contributed by atoms with Gasteiger partial charge in [0.15, 0.2) is 11.2 Å². The number of H-pyrrole nitrogens is 1. The first-order valence-corrected chi connectivity index (χ1v) is 31.2. The van der Waals surface area contributed by atoms with E-state index in [2.05, 4.69) is 41.2 Å². The van der Waals surface area contributed by atoms with Crippen molar-refractivity contribution in [2.75, 3.05) is 70.2 Å². The number of ether oxygens (including phenoxy) is 6. The summed E-state index contributed by atoms with van der Waals surface area (Å²) in [4.78, 5) is 154. The number of aromatic amines is 1. The SMILES string of the molecule is CC(C)(OC(=O)NC(CC(=O)NCCOCCOCCNC(=O)CCC(NC(=O)c1ccc(N(Cc2cnc3nc(N)[nH]c(=O)c3n2)C(=O)OCc2ccc(OP3(=O)OCCCO3)c(C(=O)OCOC(=O)CCC(=O)O)c2)cc1)C(=O)O)C(=O)O)c1ccc(-c2ccccc2)cc1. The molecule has 2 unspecified atom stereocenters. The molecule has 10 N–H and O–H groups in total. The van der Waals surface area contributed by atoms with Crippen LogP contribution in [0.1, 0.15) is 89.9 Å². The Morgan fingerprint density at radius 3 is 2.06 bits per heavy atom. The van der Waals surface area contributed by atoms with Crippen molar-refractivity contribution in [3.05, 3.63) is 142 Å². The lowest BCUT2D eigenvalue weighted by atomic mass is 9.95. The van der Waals surface area contributed by atoms with Crippen molar-refractivity contribution in [3.63, 3.8) is 0 Å². The molecule has 97 heavy (non-hydrogen) atoms. The predicted molar refractivity (Wildman–Crippen MR) is 336 cm³/mol. The van der Waals surface area contributed by atoms with Gasteiger partial charge in [-0.25, -0.2) is 38.5 Å². The average Bonchev–Trinajstić information content (AvgIpc) is 0.833. The molecular weight excluding hydrogens is 1300 g/mol. The van der Waals surface area contributed by atoms with Crippen LogP contribution in [0.3, 0.4) is 0 Å². The first kappa shape index (κ1) is 73.5. The number of hydrogen-bond donors (Lipinski definition) is 9. The molecule has 1 fully saturated rings. The Labute approximate surface area is 551 Å². The quantitative estimate of drug-likeness (QED) is 0.00870. The third-order valence-electron chi connectivity index (χ3n) is 13.8. The molecular formula is C62H69N10O24P. The van der Waals surface area contributed by atoms with Crippen molar-refractivity contribution >= 4 is 90.4 Å². The van der Waals surface area contributed by atoms with Crippen LogP contribution in [-0.4, -0.2) is 167 Å². The van der Waals surface area contributed by atoms with Crippen LogP contribution >= 0.6 is 7.82 Å². The highest BCUT2D eigenvalue weighted by Gasteiger charge is 2.35. The lowest BCUT2D eigenvalue weighted by Gasteiger charge is -2.27. The average molecular weight is 1370 g/mol. The highest BCUT2D eigenvalue weighted by Crippen LogP contribution is 2.52. The third kappa shape index (κ3) is 23.2. The summed E-state index contributed by atoms with van der Waals surface area (Å²) >= 11 is 0. The number of carbonyl (C=O) groups is 10. The number of nitrogens with two attached hydrogens (primary N) is 1. The maximum atomic E-state index is 14.1. The van der Waals surface area contributed by atoms with Gasteiger partial charge in [0.05, 0.1) is 77.3 Å². The number of carboxylic acid groups (broad SMARTS) is 3. The maximum Gasteiger partial charge on any atom is 0.530 e.